The first-order chi connectivity index (χ1) is 17.0. The molecule has 2 heterocycles. The molecule has 0 spiro atoms. The lowest BCUT2D eigenvalue weighted by atomic mass is 9.91. The number of nitrogens with two attached hydrogens (primary N) is 1. The molecule has 0 aliphatic carbocycles. The smallest absolute Gasteiger partial charge is 0.248 e. The molecule has 1 aromatic heterocycles. The van der Waals surface area contributed by atoms with Crippen LogP contribution in [0.2, 0.25) is 0 Å². The van der Waals surface area contributed by atoms with Crippen molar-refractivity contribution >= 4 is 22.6 Å². The Kier molecular flexibility index (Phi) is 6.27. The molecule has 0 radical (unpaired) electrons. The van der Waals surface area contributed by atoms with Gasteiger partial charge in [-0.15, -0.1) is 0 Å². The standard InChI is InChI=1S/C29H29N3O3/c1-35-27-10-6-5-9-23(27)28(33)25-19-32(26-12-11-22(29(30)34)18-24(25)26)31-15-13-21(14-16-31)17-20-7-3-2-4-8-20/h2-12,18-19,21H,13-17H2,1H3,(H2,30,34). The van der Waals surface area contributed by atoms with E-state index in [2.05, 4.69) is 40.0 Å². The van der Waals surface area contributed by atoms with E-state index in [9.17, 15) is 9.59 Å². The number of amides is 1. The minimum atomic E-state index is -0.517. The number of hydrogen-bond donors (Lipinski definition) is 1. The fraction of sp³-hybridized carbons (Fsp3) is 0.241. The van der Waals surface area contributed by atoms with Crippen molar-refractivity contribution in [1.82, 2.24) is 4.68 Å². The molecule has 3 aromatic carbocycles. The van der Waals surface area contributed by atoms with Gasteiger partial charge >= 0.3 is 0 Å². The maximum atomic E-state index is 13.6. The minimum Gasteiger partial charge on any atom is -0.496 e. The number of ether oxygens (including phenoxy) is 1. The average molecular weight is 468 g/mol. The van der Waals surface area contributed by atoms with Crippen LogP contribution in [0.5, 0.6) is 5.75 Å². The Labute approximate surface area is 204 Å². The Bertz CT molecular complexity index is 1370. The predicted molar refractivity (Wildman–Crippen MR) is 138 cm³/mol. The van der Waals surface area contributed by atoms with Crippen LogP contribution < -0.4 is 15.5 Å². The first kappa shape index (κ1) is 22.7. The fourth-order valence-electron chi connectivity index (χ4n) is 5.04. The summed E-state index contributed by atoms with van der Waals surface area (Å²) in [7, 11) is 1.56. The highest BCUT2D eigenvalue weighted by Gasteiger charge is 2.25. The first-order valence-corrected chi connectivity index (χ1v) is 12.0. The maximum Gasteiger partial charge on any atom is 0.248 e. The zero-order chi connectivity index (χ0) is 24.4. The Hall–Kier alpha value is -4.06. The second kappa shape index (κ2) is 9.66. The van der Waals surface area contributed by atoms with Crippen molar-refractivity contribution < 1.29 is 14.3 Å². The number of hydrogen-bond acceptors (Lipinski definition) is 4. The number of nitrogens with zero attached hydrogens (tertiary/aromatic N) is 2. The highest BCUT2D eigenvalue weighted by Crippen LogP contribution is 2.30. The molecule has 5 rings (SSSR count). The van der Waals surface area contributed by atoms with Crippen molar-refractivity contribution in [2.24, 2.45) is 11.7 Å². The summed E-state index contributed by atoms with van der Waals surface area (Å²) in [5.74, 6) is 0.488. The number of rotatable bonds is 7. The summed E-state index contributed by atoms with van der Waals surface area (Å²) in [4.78, 5) is 25.5. The van der Waals surface area contributed by atoms with Gasteiger partial charge in [-0.3, -0.25) is 14.3 Å². The predicted octanol–water partition coefficient (Wildman–Crippen LogP) is 4.57. The van der Waals surface area contributed by atoms with Gasteiger partial charge in [0.2, 0.25) is 5.91 Å². The number of benzene rings is 3. The molecule has 0 bridgehead atoms. The van der Waals surface area contributed by atoms with Crippen LogP contribution in [-0.4, -0.2) is 36.6 Å². The van der Waals surface area contributed by atoms with E-state index < -0.39 is 5.91 Å². The molecule has 1 fully saturated rings. The number of methoxy groups -OCH3 is 1. The number of piperidine rings is 1. The summed E-state index contributed by atoms with van der Waals surface area (Å²) in [6, 6.07) is 23.1. The highest BCUT2D eigenvalue weighted by molar-refractivity contribution is 6.18. The molecular formula is C29H29N3O3. The number of aromatic nitrogens is 1. The molecule has 0 saturated carbocycles. The molecule has 4 aromatic rings. The number of primary amides is 1. The molecule has 1 aliphatic heterocycles. The van der Waals surface area contributed by atoms with Crippen molar-refractivity contribution in [3.63, 3.8) is 0 Å². The topological polar surface area (TPSA) is 77.6 Å². The number of ketones is 1. The SMILES string of the molecule is COc1ccccc1C(=O)c1cn(N2CCC(Cc3ccccc3)CC2)c2ccc(C(N)=O)cc12. The van der Waals surface area contributed by atoms with Crippen molar-refractivity contribution in [2.75, 3.05) is 25.2 Å². The van der Waals surface area contributed by atoms with Crippen molar-refractivity contribution in [3.8, 4) is 5.75 Å². The van der Waals surface area contributed by atoms with Crippen LogP contribution in [0.4, 0.5) is 0 Å². The van der Waals surface area contributed by atoms with Gasteiger partial charge in [0.1, 0.15) is 5.75 Å². The Morgan fingerprint density at radius 3 is 2.37 bits per heavy atom. The normalized spacial score (nSPS) is 14.3. The van der Waals surface area contributed by atoms with Crippen molar-refractivity contribution in [3.05, 3.63) is 101 Å². The molecule has 1 amide bonds. The van der Waals surface area contributed by atoms with E-state index >= 15 is 0 Å². The van der Waals surface area contributed by atoms with Crippen LogP contribution in [0.1, 0.15) is 44.7 Å². The van der Waals surface area contributed by atoms with E-state index in [-0.39, 0.29) is 5.78 Å². The van der Waals surface area contributed by atoms with E-state index in [1.165, 1.54) is 5.56 Å². The van der Waals surface area contributed by atoms with E-state index in [0.717, 1.165) is 37.9 Å². The third kappa shape index (κ3) is 4.52. The van der Waals surface area contributed by atoms with Gasteiger partial charge in [-0.1, -0.05) is 42.5 Å². The van der Waals surface area contributed by atoms with Crippen LogP contribution >= 0.6 is 0 Å². The molecule has 35 heavy (non-hydrogen) atoms. The van der Waals surface area contributed by atoms with Gasteiger partial charge in [0.05, 0.1) is 23.8 Å². The molecule has 2 N–H and O–H groups in total. The number of fused-ring (bicyclic) bond motifs is 1. The lowest BCUT2D eigenvalue weighted by Crippen LogP contribution is -2.41. The number of carbonyl (C=O) groups excluding carboxylic acids is 2. The van der Waals surface area contributed by atoms with Gasteiger partial charge in [0.15, 0.2) is 5.78 Å². The Morgan fingerprint density at radius 2 is 1.66 bits per heavy atom. The van der Waals surface area contributed by atoms with Crippen LogP contribution in [0.3, 0.4) is 0 Å². The molecule has 6 nitrogen and oxygen atoms in total. The Balaban J connectivity index is 1.47. The van der Waals surface area contributed by atoms with Crippen molar-refractivity contribution in [1.29, 1.82) is 0 Å². The maximum absolute atomic E-state index is 13.6. The van der Waals surface area contributed by atoms with E-state index in [1.807, 2.05) is 24.4 Å². The molecule has 0 atom stereocenters. The summed E-state index contributed by atoms with van der Waals surface area (Å²) in [5.41, 5.74) is 9.21. The second-order valence-corrected chi connectivity index (χ2v) is 9.10. The summed E-state index contributed by atoms with van der Waals surface area (Å²) in [6.07, 6.45) is 5.12. The third-order valence-corrected chi connectivity index (χ3v) is 6.93. The van der Waals surface area contributed by atoms with Crippen LogP contribution in [0.15, 0.2) is 79.0 Å². The van der Waals surface area contributed by atoms with Crippen LogP contribution in [-0.2, 0) is 6.42 Å². The zero-order valence-electron chi connectivity index (χ0n) is 19.8. The molecule has 178 valence electrons. The number of para-hydroxylation sites is 1. The van der Waals surface area contributed by atoms with Crippen LogP contribution in [0.25, 0.3) is 10.9 Å². The Morgan fingerprint density at radius 1 is 0.943 bits per heavy atom. The second-order valence-electron chi connectivity index (χ2n) is 9.10. The van der Waals surface area contributed by atoms with Gasteiger partial charge in [0.25, 0.3) is 0 Å². The minimum absolute atomic E-state index is 0.146. The van der Waals surface area contributed by atoms with E-state index in [0.29, 0.717) is 33.7 Å². The average Bonchev–Trinajstić information content (AvgIpc) is 3.28. The molecule has 6 heteroatoms. The molecule has 1 saturated heterocycles. The summed E-state index contributed by atoms with van der Waals surface area (Å²) < 4.78 is 7.50. The lowest BCUT2D eigenvalue weighted by molar-refractivity contribution is 0.0998. The van der Waals surface area contributed by atoms with E-state index in [1.54, 1.807) is 31.4 Å². The van der Waals surface area contributed by atoms with Crippen molar-refractivity contribution in [2.45, 2.75) is 19.3 Å². The van der Waals surface area contributed by atoms with Crippen LogP contribution in [0, 0.1) is 5.92 Å². The molecule has 0 unspecified atom stereocenters. The van der Waals surface area contributed by atoms with Gasteiger partial charge in [-0.25, -0.2) is 0 Å². The third-order valence-electron chi connectivity index (χ3n) is 6.93. The highest BCUT2D eigenvalue weighted by atomic mass is 16.5. The largest absolute Gasteiger partial charge is 0.496 e. The molecular weight excluding hydrogens is 438 g/mol. The first-order valence-electron chi connectivity index (χ1n) is 12.0. The van der Waals surface area contributed by atoms with Gasteiger partial charge < -0.3 is 15.5 Å². The summed E-state index contributed by atoms with van der Waals surface area (Å²) in [5, 5.41) is 3.00. The lowest BCUT2D eigenvalue weighted by Gasteiger charge is -2.34. The fourth-order valence-corrected chi connectivity index (χ4v) is 5.04. The monoisotopic (exact) mass is 467 g/mol. The number of carbonyl (C=O) groups is 2. The van der Waals surface area contributed by atoms with Gasteiger partial charge in [0, 0.05) is 30.2 Å². The van der Waals surface area contributed by atoms with E-state index in [4.69, 9.17) is 10.5 Å². The zero-order valence-corrected chi connectivity index (χ0v) is 19.8. The quantitative estimate of drug-likeness (QED) is 0.404. The summed E-state index contributed by atoms with van der Waals surface area (Å²) in [6.45, 7) is 1.78. The summed E-state index contributed by atoms with van der Waals surface area (Å²) >= 11 is 0. The molecule has 1 aliphatic rings. The van der Waals surface area contributed by atoms with Gasteiger partial charge in [-0.2, -0.15) is 0 Å². The van der Waals surface area contributed by atoms with Gasteiger partial charge in [-0.05, 0) is 61.1 Å².